The van der Waals surface area contributed by atoms with E-state index in [9.17, 15) is 26.0 Å². The number of benzene rings is 2. The Hall–Kier alpha value is -2.01. The van der Waals surface area contributed by atoms with Crippen LogP contribution in [0, 0.1) is 5.82 Å². The van der Waals surface area contributed by atoms with Gasteiger partial charge in [0.05, 0.1) is 15.5 Å². The number of hydrogen-bond donors (Lipinski definition) is 0. The molecule has 0 bridgehead atoms. The van der Waals surface area contributed by atoms with E-state index in [0.717, 1.165) is 12.1 Å². The molecule has 11 heteroatoms. The summed E-state index contributed by atoms with van der Waals surface area (Å²) in [6, 6.07) is 10.3. The molecule has 0 N–H and O–H groups in total. The van der Waals surface area contributed by atoms with Crippen molar-refractivity contribution in [2.75, 3.05) is 31.9 Å². The van der Waals surface area contributed by atoms with Crippen LogP contribution in [0.15, 0.2) is 58.3 Å². The van der Waals surface area contributed by atoms with E-state index in [1.165, 1.54) is 45.6 Å². The number of halogens is 2. The van der Waals surface area contributed by atoms with Crippen LogP contribution >= 0.6 is 11.6 Å². The number of piperazine rings is 1. The lowest BCUT2D eigenvalue weighted by atomic mass is 10.3. The second-order valence-electron chi connectivity index (χ2n) is 6.76. The fourth-order valence-electron chi connectivity index (χ4n) is 3.07. The maximum absolute atomic E-state index is 13.0. The van der Waals surface area contributed by atoms with Gasteiger partial charge in [0.25, 0.3) is 0 Å². The third-order valence-corrected chi connectivity index (χ3v) is 8.70. The van der Waals surface area contributed by atoms with Crippen molar-refractivity contribution in [3.63, 3.8) is 0 Å². The summed E-state index contributed by atoms with van der Waals surface area (Å²) in [6.07, 6.45) is -0.199. The second-order valence-corrected chi connectivity index (χ2v) is 11.2. The lowest BCUT2D eigenvalue weighted by Crippen LogP contribution is -2.50. The number of carbonyl (C=O) groups is 1. The lowest BCUT2D eigenvalue weighted by molar-refractivity contribution is -0.131. The molecule has 1 fully saturated rings. The summed E-state index contributed by atoms with van der Waals surface area (Å²) in [7, 11) is -7.41. The normalized spacial score (nSPS) is 15.9. The van der Waals surface area contributed by atoms with E-state index in [0.29, 0.717) is 5.02 Å². The minimum absolute atomic E-state index is 0.0160. The van der Waals surface area contributed by atoms with Crippen molar-refractivity contribution in [2.24, 2.45) is 0 Å². The van der Waals surface area contributed by atoms with Crippen molar-refractivity contribution < 1.29 is 26.0 Å². The summed E-state index contributed by atoms with van der Waals surface area (Å²) in [5.74, 6) is -1.23. The Labute approximate surface area is 180 Å². The molecule has 1 aliphatic rings. The van der Waals surface area contributed by atoms with Gasteiger partial charge in [0.2, 0.25) is 15.9 Å². The maximum atomic E-state index is 13.0. The molecule has 7 nitrogen and oxygen atoms in total. The molecule has 2 aromatic rings. The van der Waals surface area contributed by atoms with Gasteiger partial charge in [-0.25, -0.2) is 21.2 Å². The van der Waals surface area contributed by atoms with E-state index in [1.54, 1.807) is 0 Å². The Bertz CT molecular complexity index is 1110. The zero-order valence-electron chi connectivity index (χ0n) is 15.9. The number of sulfone groups is 1. The highest BCUT2D eigenvalue weighted by Crippen LogP contribution is 2.19. The largest absolute Gasteiger partial charge is 0.340 e. The van der Waals surface area contributed by atoms with Gasteiger partial charge in [0.15, 0.2) is 9.84 Å². The first-order valence-electron chi connectivity index (χ1n) is 9.11. The summed E-state index contributed by atoms with van der Waals surface area (Å²) in [5.41, 5.74) is 0. The molecule has 1 saturated heterocycles. The Morgan fingerprint density at radius 3 is 1.97 bits per heavy atom. The number of nitrogens with zero attached hydrogens (tertiary/aromatic N) is 2. The molecular formula is C19H20ClFN2O5S2. The molecule has 3 rings (SSSR count). The summed E-state index contributed by atoms with van der Waals surface area (Å²) in [6.45, 7) is 0.464. The van der Waals surface area contributed by atoms with Crippen LogP contribution in [0.4, 0.5) is 4.39 Å². The molecule has 0 unspecified atom stereocenters. The van der Waals surface area contributed by atoms with Crippen molar-refractivity contribution in [3.8, 4) is 0 Å². The van der Waals surface area contributed by atoms with E-state index in [1.807, 2.05) is 0 Å². The fourth-order valence-corrected chi connectivity index (χ4v) is 5.85. The van der Waals surface area contributed by atoms with Crippen molar-refractivity contribution in [1.82, 2.24) is 9.21 Å². The highest BCUT2D eigenvalue weighted by Gasteiger charge is 2.30. The van der Waals surface area contributed by atoms with Gasteiger partial charge in [0.1, 0.15) is 5.82 Å². The van der Waals surface area contributed by atoms with E-state index in [2.05, 4.69) is 0 Å². The zero-order chi connectivity index (χ0) is 21.9. The molecule has 2 aromatic carbocycles. The number of amides is 1. The number of hydrogen-bond acceptors (Lipinski definition) is 5. The van der Waals surface area contributed by atoms with Crippen LogP contribution < -0.4 is 0 Å². The number of rotatable bonds is 6. The number of sulfonamides is 1. The molecule has 0 atom stereocenters. The molecular weight excluding hydrogens is 455 g/mol. The van der Waals surface area contributed by atoms with Gasteiger partial charge in [-0.1, -0.05) is 11.6 Å². The van der Waals surface area contributed by atoms with Crippen LogP contribution in [0.2, 0.25) is 5.02 Å². The third kappa shape index (κ3) is 5.18. The van der Waals surface area contributed by atoms with Gasteiger partial charge in [0, 0.05) is 37.6 Å². The number of carbonyl (C=O) groups excluding carboxylic acids is 1. The highest BCUT2D eigenvalue weighted by molar-refractivity contribution is 7.91. The Kier molecular flexibility index (Phi) is 6.81. The second kappa shape index (κ2) is 9.01. The molecule has 1 heterocycles. The van der Waals surface area contributed by atoms with Crippen LogP contribution in [-0.2, 0) is 24.7 Å². The van der Waals surface area contributed by atoms with Crippen LogP contribution in [0.1, 0.15) is 6.42 Å². The summed E-state index contributed by atoms with van der Waals surface area (Å²) >= 11 is 5.76. The van der Waals surface area contributed by atoms with Crippen molar-refractivity contribution in [3.05, 3.63) is 59.4 Å². The predicted octanol–water partition coefficient (Wildman–Crippen LogP) is 2.18. The standard InChI is InChI=1S/C19H20ClFN2O5S2/c20-15-1-5-17(6-2-15)29(25,26)14-9-19(24)22-10-12-23(13-11-22)30(27,28)18-7-3-16(21)4-8-18/h1-8H,9-14H2. The highest BCUT2D eigenvalue weighted by atomic mass is 35.5. The maximum Gasteiger partial charge on any atom is 0.243 e. The SMILES string of the molecule is O=C(CCS(=O)(=O)c1ccc(Cl)cc1)N1CCN(S(=O)(=O)c2ccc(F)cc2)CC1. The van der Waals surface area contributed by atoms with E-state index in [-0.39, 0.29) is 54.1 Å². The molecule has 162 valence electrons. The fraction of sp³-hybridized carbons (Fsp3) is 0.316. The van der Waals surface area contributed by atoms with Crippen LogP contribution in [0.5, 0.6) is 0 Å². The molecule has 0 aliphatic carbocycles. The van der Waals surface area contributed by atoms with Gasteiger partial charge < -0.3 is 4.90 Å². The molecule has 1 aliphatic heterocycles. The molecule has 0 radical (unpaired) electrons. The zero-order valence-corrected chi connectivity index (χ0v) is 18.3. The van der Waals surface area contributed by atoms with Gasteiger partial charge >= 0.3 is 0 Å². The van der Waals surface area contributed by atoms with E-state index in [4.69, 9.17) is 11.6 Å². The van der Waals surface area contributed by atoms with Gasteiger partial charge in [-0.15, -0.1) is 0 Å². The average Bonchev–Trinajstić information content (AvgIpc) is 2.73. The summed E-state index contributed by atoms with van der Waals surface area (Å²) in [4.78, 5) is 14.0. The lowest BCUT2D eigenvalue weighted by Gasteiger charge is -2.34. The Morgan fingerprint density at radius 2 is 1.40 bits per heavy atom. The van der Waals surface area contributed by atoms with Crippen LogP contribution in [-0.4, -0.2) is 63.9 Å². The van der Waals surface area contributed by atoms with Gasteiger partial charge in [-0.2, -0.15) is 4.31 Å². The van der Waals surface area contributed by atoms with Crippen LogP contribution in [0.25, 0.3) is 0 Å². The van der Waals surface area contributed by atoms with E-state index < -0.39 is 25.7 Å². The quantitative estimate of drug-likeness (QED) is 0.640. The van der Waals surface area contributed by atoms with Crippen LogP contribution in [0.3, 0.4) is 0 Å². The monoisotopic (exact) mass is 474 g/mol. The summed E-state index contributed by atoms with van der Waals surface area (Å²) < 4.78 is 64.3. The van der Waals surface area contributed by atoms with E-state index >= 15 is 0 Å². The average molecular weight is 475 g/mol. The topological polar surface area (TPSA) is 91.8 Å². The molecule has 30 heavy (non-hydrogen) atoms. The third-order valence-electron chi connectivity index (χ3n) is 4.80. The molecule has 1 amide bonds. The molecule has 0 spiro atoms. The van der Waals surface area contributed by atoms with Crippen molar-refractivity contribution in [2.45, 2.75) is 16.2 Å². The Balaban J connectivity index is 1.56. The minimum Gasteiger partial charge on any atom is -0.340 e. The van der Waals surface area contributed by atoms with Crippen molar-refractivity contribution in [1.29, 1.82) is 0 Å². The molecule has 0 saturated carbocycles. The van der Waals surface area contributed by atoms with Gasteiger partial charge in [-0.3, -0.25) is 4.79 Å². The summed E-state index contributed by atoms with van der Waals surface area (Å²) in [5, 5.41) is 0.415. The minimum atomic E-state index is -3.78. The van der Waals surface area contributed by atoms with Crippen molar-refractivity contribution >= 4 is 37.4 Å². The van der Waals surface area contributed by atoms with Gasteiger partial charge in [-0.05, 0) is 48.5 Å². The first-order chi connectivity index (χ1) is 14.1. The first-order valence-corrected chi connectivity index (χ1v) is 12.6. The predicted molar refractivity (Wildman–Crippen MR) is 110 cm³/mol. The molecule has 0 aromatic heterocycles. The first kappa shape index (κ1) is 22.7. The smallest absolute Gasteiger partial charge is 0.243 e. The Morgan fingerprint density at radius 1 is 0.867 bits per heavy atom.